The monoisotopic (exact) mass is 254 g/mol. The summed E-state index contributed by atoms with van der Waals surface area (Å²) in [5.41, 5.74) is 4.30. The Kier molecular flexibility index (Phi) is 3.92. The summed E-state index contributed by atoms with van der Waals surface area (Å²) < 4.78 is 65.3. The fraction of sp³-hybridized carbons (Fsp3) is 0.400. The molecule has 2 N–H and O–H groups in total. The summed E-state index contributed by atoms with van der Waals surface area (Å²) in [6.07, 6.45) is 0. The van der Waals surface area contributed by atoms with Crippen LogP contribution in [0.5, 0.6) is 0 Å². The first kappa shape index (κ1) is 13.7. The summed E-state index contributed by atoms with van der Waals surface area (Å²) >= 11 is 0. The van der Waals surface area contributed by atoms with Gasteiger partial charge in [-0.3, -0.25) is 0 Å². The van der Waals surface area contributed by atoms with Crippen LogP contribution < -0.4 is 10.6 Å². The molecule has 17 heavy (non-hydrogen) atoms. The van der Waals surface area contributed by atoms with Gasteiger partial charge in [-0.05, 0) is 6.92 Å². The summed E-state index contributed by atoms with van der Waals surface area (Å²) in [5.74, 6) is -9.81. The lowest BCUT2D eigenvalue weighted by atomic mass is 10.2. The molecule has 7 heteroatoms. The smallest absolute Gasteiger partial charge is 0.200 e. The molecule has 0 aliphatic heterocycles. The van der Waals surface area contributed by atoms with Gasteiger partial charge in [-0.15, -0.1) is 0 Å². The van der Waals surface area contributed by atoms with E-state index in [1.54, 1.807) is 0 Å². The molecule has 0 aliphatic rings. The molecule has 0 amide bonds. The predicted octanol–water partition coefficient (Wildman–Crippen LogP) is 2.17. The summed E-state index contributed by atoms with van der Waals surface area (Å²) in [6, 6.07) is -0.566. The largest absolute Gasteiger partial charge is 0.366 e. The third-order valence-corrected chi connectivity index (χ3v) is 2.54. The predicted molar refractivity (Wildman–Crippen MR) is 53.2 cm³/mol. The van der Waals surface area contributed by atoms with Crippen molar-refractivity contribution in [1.29, 1.82) is 0 Å². The fourth-order valence-electron chi connectivity index (χ4n) is 1.28. The van der Waals surface area contributed by atoms with Crippen LogP contribution in [0.25, 0.3) is 0 Å². The number of hydrogen-bond acceptors (Lipinski definition) is 2. The van der Waals surface area contributed by atoms with Crippen molar-refractivity contribution in [2.75, 3.05) is 18.5 Å². The van der Waals surface area contributed by atoms with E-state index in [2.05, 4.69) is 0 Å². The van der Waals surface area contributed by atoms with Crippen molar-refractivity contribution >= 4 is 5.69 Å². The lowest BCUT2D eigenvalue weighted by Crippen LogP contribution is -2.37. The Balaban J connectivity index is 3.44. The molecule has 2 nitrogen and oxygen atoms in total. The standard InChI is InChI=1S/C10H11F5N2/c1-4(3-16)17(2)10-8(14)6(12)5(11)7(13)9(10)15/h4H,3,16H2,1-2H3. The number of hydrogen-bond donors (Lipinski definition) is 1. The van der Waals surface area contributed by atoms with Crippen LogP contribution in [-0.4, -0.2) is 19.6 Å². The Morgan fingerprint density at radius 3 is 1.65 bits per heavy atom. The molecule has 0 aromatic heterocycles. The minimum absolute atomic E-state index is 0.00992. The van der Waals surface area contributed by atoms with Crippen molar-refractivity contribution in [3.05, 3.63) is 29.1 Å². The van der Waals surface area contributed by atoms with Gasteiger partial charge in [-0.1, -0.05) is 0 Å². The Labute approximate surface area is 94.8 Å². The third kappa shape index (κ3) is 2.19. The molecule has 0 aliphatic carbocycles. The second-order valence-electron chi connectivity index (χ2n) is 3.61. The molecule has 0 radical (unpaired) electrons. The van der Waals surface area contributed by atoms with Gasteiger partial charge in [0.1, 0.15) is 5.69 Å². The molecule has 96 valence electrons. The second kappa shape index (κ2) is 4.87. The van der Waals surface area contributed by atoms with Crippen LogP contribution in [0, 0.1) is 29.1 Å². The number of nitrogens with two attached hydrogens (primary N) is 1. The van der Waals surface area contributed by atoms with Crippen LogP contribution in [0.1, 0.15) is 6.92 Å². The van der Waals surface area contributed by atoms with E-state index in [0.717, 1.165) is 4.90 Å². The number of anilines is 1. The molecule has 1 rings (SSSR count). The van der Waals surface area contributed by atoms with Crippen LogP contribution in [0.4, 0.5) is 27.6 Å². The van der Waals surface area contributed by atoms with Crippen LogP contribution in [-0.2, 0) is 0 Å². The number of rotatable bonds is 3. The molecule has 1 aromatic rings. The van der Waals surface area contributed by atoms with E-state index >= 15 is 0 Å². The number of nitrogens with zero attached hydrogens (tertiary/aromatic N) is 1. The Morgan fingerprint density at radius 1 is 0.941 bits per heavy atom. The molecule has 0 saturated carbocycles. The average Bonchev–Trinajstić information content (AvgIpc) is 2.32. The molecular formula is C10H11F5N2. The van der Waals surface area contributed by atoms with Gasteiger partial charge in [0.2, 0.25) is 5.82 Å². The number of halogens is 5. The van der Waals surface area contributed by atoms with Crippen molar-refractivity contribution in [2.24, 2.45) is 5.73 Å². The van der Waals surface area contributed by atoms with Crippen LogP contribution >= 0.6 is 0 Å². The summed E-state index contributed by atoms with van der Waals surface area (Å²) in [7, 11) is 1.20. The van der Waals surface area contributed by atoms with Gasteiger partial charge in [-0.2, -0.15) is 0 Å². The maximum absolute atomic E-state index is 13.3. The Morgan fingerprint density at radius 2 is 1.29 bits per heavy atom. The van der Waals surface area contributed by atoms with Crippen molar-refractivity contribution in [3.8, 4) is 0 Å². The molecule has 0 spiro atoms. The van der Waals surface area contributed by atoms with Gasteiger partial charge >= 0.3 is 0 Å². The third-order valence-electron chi connectivity index (χ3n) is 2.54. The van der Waals surface area contributed by atoms with E-state index in [0.29, 0.717) is 0 Å². The first-order chi connectivity index (χ1) is 7.82. The normalized spacial score (nSPS) is 12.7. The van der Waals surface area contributed by atoms with Crippen molar-refractivity contribution in [3.63, 3.8) is 0 Å². The maximum Gasteiger partial charge on any atom is 0.200 e. The molecule has 0 heterocycles. The SMILES string of the molecule is CC(CN)N(C)c1c(F)c(F)c(F)c(F)c1F. The van der Waals surface area contributed by atoms with Crippen LogP contribution in [0.3, 0.4) is 0 Å². The second-order valence-corrected chi connectivity index (χ2v) is 3.61. The molecule has 0 fully saturated rings. The minimum Gasteiger partial charge on any atom is -0.366 e. The zero-order valence-corrected chi connectivity index (χ0v) is 9.20. The molecule has 0 saturated heterocycles. The lowest BCUT2D eigenvalue weighted by Gasteiger charge is -2.26. The van der Waals surface area contributed by atoms with Gasteiger partial charge in [0.15, 0.2) is 23.3 Å². The topological polar surface area (TPSA) is 29.3 Å². The van der Waals surface area contributed by atoms with Crippen LogP contribution in [0.15, 0.2) is 0 Å². The first-order valence-corrected chi connectivity index (χ1v) is 4.77. The quantitative estimate of drug-likeness (QED) is 0.509. The highest BCUT2D eigenvalue weighted by Crippen LogP contribution is 2.30. The van der Waals surface area contributed by atoms with Crippen molar-refractivity contribution < 1.29 is 22.0 Å². The summed E-state index contributed by atoms with van der Waals surface area (Å²) in [5, 5.41) is 0. The summed E-state index contributed by atoms with van der Waals surface area (Å²) in [6.45, 7) is 1.51. The van der Waals surface area contributed by atoms with Gasteiger partial charge in [0, 0.05) is 19.6 Å². The van der Waals surface area contributed by atoms with E-state index < -0.39 is 40.8 Å². The highest BCUT2D eigenvalue weighted by molar-refractivity contribution is 5.50. The molecular weight excluding hydrogens is 243 g/mol. The first-order valence-electron chi connectivity index (χ1n) is 4.77. The zero-order valence-electron chi connectivity index (χ0n) is 9.20. The van der Waals surface area contributed by atoms with E-state index in [4.69, 9.17) is 5.73 Å². The molecule has 1 atom stereocenters. The van der Waals surface area contributed by atoms with E-state index in [-0.39, 0.29) is 6.54 Å². The molecule has 1 unspecified atom stereocenters. The zero-order chi connectivity index (χ0) is 13.3. The number of likely N-dealkylation sites (N-methyl/N-ethyl adjacent to an activating group) is 1. The lowest BCUT2D eigenvalue weighted by molar-refractivity contribution is 0.377. The average molecular weight is 254 g/mol. The van der Waals surface area contributed by atoms with Crippen LogP contribution in [0.2, 0.25) is 0 Å². The summed E-state index contributed by atoms with van der Waals surface area (Å²) in [4.78, 5) is 0.913. The van der Waals surface area contributed by atoms with Gasteiger partial charge in [-0.25, -0.2) is 22.0 Å². The fourth-order valence-corrected chi connectivity index (χ4v) is 1.28. The van der Waals surface area contributed by atoms with Gasteiger partial charge in [0.25, 0.3) is 0 Å². The molecule has 1 aromatic carbocycles. The Hall–Kier alpha value is -1.37. The minimum atomic E-state index is -2.17. The Bertz CT molecular complexity index is 406. The molecule has 0 bridgehead atoms. The highest BCUT2D eigenvalue weighted by atomic mass is 19.2. The van der Waals surface area contributed by atoms with E-state index in [1.165, 1.54) is 14.0 Å². The highest BCUT2D eigenvalue weighted by Gasteiger charge is 2.28. The van der Waals surface area contributed by atoms with Crippen molar-refractivity contribution in [1.82, 2.24) is 0 Å². The van der Waals surface area contributed by atoms with E-state index in [9.17, 15) is 22.0 Å². The number of benzene rings is 1. The van der Waals surface area contributed by atoms with Gasteiger partial charge in [0.05, 0.1) is 0 Å². The maximum atomic E-state index is 13.3. The van der Waals surface area contributed by atoms with Crippen molar-refractivity contribution in [2.45, 2.75) is 13.0 Å². The van der Waals surface area contributed by atoms with E-state index in [1.807, 2.05) is 0 Å². The van der Waals surface area contributed by atoms with Gasteiger partial charge < -0.3 is 10.6 Å².